The lowest BCUT2D eigenvalue weighted by Gasteiger charge is -2.08. The summed E-state index contributed by atoms with van der Waals surface area (Å²) in [6, 6.07) is 20.7. The van der Waals surface area contributed by atoms with Crippen LogP contribution < -0.4 is 10.6 Å². The molecule has 28 heavy (non-hydrogen) atoms. The zero-order valence-electron chi connectivity index (χ0n) is 15.8. The van der Waals surface area contributed by atoms with E-state index in [2.05, 4.69) is 27.8 Å². The molecule has 0 saturated carbocycles. The van der Waals surface area contributed by atoms with Crippen molar-refractivity contribution in [2.75, 3.05) is 17.2 Å². The Morgan fingerprint density at radius 1 is 0.929 bits per heavy atom. The van der Waals surface area contributed by atoms with Crippen LogP contribution in [0.5, 0.6) is 0 Å². The number of aromatic nitrogens is 1. The van der Waals surface area contributed by atoms with E-state index in [0.29, 0.717) is 16.9 Å². The Bertz CT molecular complexity index is 938. The smallest absolute Gasteiger partial charge is 0.274 e. The highest BCUT2D eigenvalue weighted by atomic mass is 16.2. The minimum absolute atomic E-state index is 0.0445. The minimum Gasteiger partial charge on any atom is -0.384 e. The first-order valence-corrected chi connectivity index (χ1v) is 9.28. The number of Topliss-reactive ketones (excluding diaryl/α,β-unsaturated/α-hetero) is 1. The van der Waals surface area contributed by atoms with Gasteiger partial charge in [-0.05, 0) is 49.6 Å². The number of anilines is 2. The predicted octanol–water partition coefficient (Wildman–Crippen LogP) is 4.58. The molecule has 0 radical (unpaired) electrons. The second kappa shape index (κ2) is 9.46. The lowest BCUT2D eigenvalue weighted by Crippen LogP contribution is -2.14. The van der Waals surface area contributed by atoms with Crippen molar-refractivity contribution in [3.8, 4) is 0 Å². The number of hydrogen-bond donors (Lipinski definition) is 2. The number of hydrogen-bond acceptors (Lipinski definition) is 4. The van der Waals surface area contributed by atoms with Gasteiger partial charge in [-0.15, -0.1) is 0 Å². The molecule has 0 aliphatic carbocycles. The number of carbonyl (C=O) groups is 2. The Labute approximate surface area is 164 Å². The van der Waals surface area contributed by atoms with E-state index in [1.807, 2.05) is 24.3 Å². The molecule has 1 aromatic heterocycles. The minimum atomic E-state index is -0.309. The van der Waals surface area contributed by atoms with Crippen molar-refractivity contribution in [3.63, 3.8) is 0 Å². The van der Waals surface area contributed by atoms with Crippen molar-refractivity contribution in [1.82, 2.24) is 4.98 Å². The van der Waals surface area contributed by atoms with E-state index >= 15 is 0 Å². The molecule has 3 rings (SSSR count). The highest BCUT2D eigenvalue weighted by molar-refractivity contribution is 6.04. The summed E-state index contributed by atoms with van der Waals surface area (Å²) in [5.74, 6) is -0.353. The zero-order valence-corrected chi connectivity index (χ0v) is 15.8. The second-order valence-electron chi connectivity index (χ2n) is 6.54. The van der Waals surface area contributed by atoms with Crippen molar-refractivity contribution >= 4 is 23.1 Å². The Morgan fingerprint density at radius 2 is 1.75 bits per heavy atom. The fraction of sp³-hybridized carbons (Fsp3) is 0.174. The average molecular weight is 373 g/mol. The first kappa shape index (κ1) is 19.3. The first-order chi connectivity index (χ1) is 13.6. The molecule has 0 atom stereocenters. The van der Waals surface area contributed by atoms with Crippen LogP contribution in [0.4, 0.5) is 11.4 Å². The van der Waals surface area contributed by atoms with Gasteiger partial charge in [0, 0.05) is 17.8 Å². The molecule has 2 N–H and O–H groups in total. The highest BCUT2D eigenvalue weighted by Gasteiger charge is 2.09. The van der Waals surface area contributed by atoms with Crippen molar-refractivity contribution in [3.05, 3.63) is 89.7 Å². The number of rotatable bonds is 8. The topological polar surface area (TPSA) is 71.1 Å². The molecule has 5 nitrogen and oxygen atoms in total. The molecule has 1 amide bonds. The predicted molar refractivity (Wildman–Crippen MR) is 112 cm³/mol. The van der Waals surface area contributed by atoms with Gasteiger partial charge < -0.3 is 10.6 Å². The molecule has 0 fully saturated rings. The van der Waals surface area contributed by atoms with E-state index in [1.54, 1.807) is 36.5 Å². The van der Waals surface area contributed by atoms with E-state index in [1.165, 1.54) is 12.5 Å². The summed E-state index contributed by atoms with van der Waals surface area (Å²) in [5, 5.41) is 6.09. The molecular formula is C23H23N3O2. The third-order valence-corrected chi connectivity index (χ3v) is 4.34. The van der Waals surface area contributed by atoms with Gasteiger partial charge in [-0.25, -0.2) is 4.98 Å². The van der Waals surface area contributed by atoms with E-state index < -0.39 is 0 Å². The molecule has 0 bridgehead atoms. The molecule has 0 aliphatic heterocycles. The number of amides is 1. The monoisotopic (exact) mass is 373 g/mol. The van der Waals surface area contributed by atoms with Crippen LogP contribution in [-0.2, 0) is 6.42 Å². The summed E-state index contributed by atoms with van der Waals surface area (Å²) in [6.45, 7) is 2.33. The maximum Gasteiger partial charge on any atom is 0.274 e. The number of aryl methyl sites for hydroxylation is 1. The van der Waals surface area contributed by atoms with E-state index in [-0.39, 0.29) is 11.7 Å². The number of nitrogens with zero attached hydrogens (tertiary/aromatic N) is 1. The number of pyridine rings is 1. The van der Waals surface area contributed by atoms with Gasteiger partial charge in [-0.1, -0.05) is 42.5 Å². The molecule has 5 heteroatoms. The van der Waals surface area contributed by atoms with Crippen molar-refractivity contribution < 1.29 is 9.59 Å². The number of carbonyl (C=O) groups excluding carboxylic acids is 2. The van der Waals surface area contributed by atoms with Crippen LogP contribution in [0.2, 0.25) is 0 Å². The molecule has 3 aromatic rings. The zero-order chi connectivity index (χ0) is 19.8. The van der Waals surface area contributed by atoms with Crippen LogP contribution in [0, 0.1) is 0 Å². The summed E-state index contributed by atoms with van der Waals surface area (Å²) in [6.07, 6.45) is 3.68. The SMILES string of the molecule is CC(=O)c1cccc(NC(=O)c2ccc(NCCCc3ccccc3)cn2)c1. The molecule has 0 spiro atoms. The maximum atomic E-state index is 12.3. The molecule has 0 unspecified atom stereocenters. The van der Waals surface area contributed by atoms with Gasteiger partial charge in [0.25, 0.3) is 5.91 Å². The third-order valence-electron chi connectivity index (χ3n) is 4.34. The maximum absolute atomic E-state index is 12.3. The summed E-state index contributed by atoms with van der Waals surface area (Å²) in [7, 11) is 0. The standard InChI is InChI=1S/C23H23N3O2/c1-17(27)19-10-5-11-20(15-19)26-23(28)22-13-12-21(16-25-22)24-14-6-9-18-7-3-2-4-8-18/h2-5,7-8,10-13,15-16,24H,6,9,14H2,1H3,(H,26,28). The Balaban J connectivity index is 1.50. The first-order valence-electron chi connectivity index (χ1n) is 9.28. The van der Waals surface area contributed by atoms with Crippen molar-refractivity contribution in [2.24, 2.45) is 0 Å². The molecule has 142 valence electrons. The van der Waals surface area contributed by atoms with Crippen molar-refractivity contribution in [2.45, 2.75) is 19.8 Å². The van der Waals surface area contributed by atoms with E-state index in [4.69, 9.17) is 0 Å². The fourth-order valence-corrected chi connectivity index (χ4v) is 2.81. The third kappa shape index (κ3) is 5.51. The van der Waals surface area contributed by atoms with Gasteiger partial charge in [-0.2, -0.15) is 0 Å². The Hall–Kier alpha value is -3.47. The molecular weight excluding hydrogens is 350 g/mol. The Morgan fingerprint density at radius 3 is 2.46 bits per heavy atom. The molecule has 2 aromatic carbocycles. The Kier molecular flexibility index (Phi) is 6.52. The van der Waals surface area contributed by atoms with Crippen molar-refractivity contribution in [1.29, 1.82) is 0 Å². The van der Waals surface area contributed by atoms with Gasteiger partial charge in [-0.3, -0.25) is 9.59 Å². The fourth-order valence-electron chi connectivity index (χ4n) is 2.81. The second-order valence-corrected chi connectivity index (χ2v) is 6.54. The normalized spacial score (nSPS) is 10.3. The van der Waals surface area contributed by atoms with E-state index in [9.17, 15) is 9.59 Å². The summed E-state index contributed by atoms with van der Waals surface area (Å²) >= 11 is 0. The summed E-state index contributed by atoms with van der Waals surface area (Å²) < 4.78 is 0. The van der Waals surface area contributed by atoms with Crippen LogP contribution in [-0.4, -0.2) is 23.2 Å². The molecule has 0 aliphatic rings. The number of ketones is 1. The summed E-state index contributed by atoms with van der Waals surface area (Å²) in [5.41, 5.74) is 3.65. The van der Waals surface area contributed by atoms with Gasteiger partial charge in [0.2, 0.25) is 0 Å². The van der Waals surface area contributed by atoms with Crippen LogP contribution in [0.25, 0.3) is 0 Å². The number of benzene rings is 2. The quantitative estimate of drug-likeness (QED) is 0.448. The van der Waals surface area contributed by atoms with Gasteiger partial charge >= 0.3 is 0 Å². The average Bonchev–Trinajstić information content (AvgIpc) is 2.72. The largest absolute Gasteiger partial charge is 0.384 e. The van der Waals surface area contributed by atoms with Crippen LogP contribution in [0.3, 0.4) is 0 Å². The van der Waals surface area contributed by atoms with Gasteiger partial charge in [0.05, 0.1) is 11.9 Å². The van der Waals surface area contributed by atoms with Crippen LogP contribution in [0.15, 0.2) is 72.9 Å². The van der Waals surface area contributed by atoms with Gasteiger partial charge in [0.1, 0.15) is 5.69 Å². The number of nitrogens with one attached hydrogen (secondary N) is 2. The lowest BCUT2D eigenvalue weighted by atomic mass is 10.1. The van der Waals surface area contributed by atoms with Crippen LogP contribution >= 0.6 is 0 Å². The van der Waals surface area contributed by atoms with Gasteiger partial charge in [0.15, 0.2) is 5.78 Å². The molecule has 1 heterocycles. The lowest BCUT2D eigenvalue weighted by molar-refractivity contribution is 0.100. The van der Waals surface area contributed by atoms with E-state index in [0.717, 1.165) is 25.1 Å². The molecule has 0 saturated heterocycles. The van der Waals surface area contributed by atoms with Crippen LogP contribution in [0.1, 0.15) is 39.8 Å². The summed E-state index contributed by atoms with van der Waals surface area (Å²) in [4.78, 5) is 28.0. The highest BCUT2D eigenvalue weighted by Crippen LogP contribution is 2.13.